The molecule has 0 saturated carbocycles. The van der Waals surface area contributed by atoms with Crippen LogP contribution in [0.4, 0.5) is 0 Å². The van der Waals surface area contributed by atoms with Gasteiger partial charge in [-0.05, 0) is 24.6 Å². The minimum absolute atomic E-state index is 0.393. The largest absolute Gasteiger partial charge is 0.488 e. The molecule has 1 rings (SSSR count). The highest BCUT2D eigenvalue weighted by Gasteiger charge is 2.07. The number of ether oxygens (including phenoxy) is 1. The first-order valence-electron chi connectivity index (χ1n) is 4.27. The van der Waals surface area contributed by atoms with Gasteiger partial charge in [0.1, 0.15) is 12.4 Å². The van der Waals surface area contributed by atoms with Crippen molar-refractivity contribution in [3.8, 4) is 5.75 Å². The van der Waals surface area contributed by atoms with Crippen LogP contribution >= 0.6 is 0 Å². The first-order valence-corrected chi connectivity index (χ1v) is 4.27. The van der Waals surface area contributed by atoms with Crippen molar-refractivity contribution in [2.24, 2.45) is 5.73 Å². The quantitative estimate of drug-likeness (QED) is 0.737. The average molecular weight is 191 g/mol. The summed E-state index contributed by atoms with van der Waals surface area (Å²) in [5.74, 6) is 0.0188. The summed E-state index contributed by atoms with van der Waals surface area (Å²) in [6.45, 7) is 5.95. The summed E-state index contributed by atoms with van der Waals surface area (Å²) in [6.07, 6.45) is 0. The normalized spacial score (nSPS) is 9.50. The molecule has 0 aliphatic rings. The van der Waals surface area contributed by atoms with Gasteiger partial charge in [0.2, 0.25) is 0 Å². The van der Waals surface area contributed by atoms with Crippen molar-refractivity contribution in [3.05, 3.63) is 42.0 Å². The van der Waals surface area contributed by atoms with E-state index in [-0.39, 0.29) is 0 Å². The van der Waals surface area contributed by atoms with Gasteiger partial charge < -0.3 is 10.5 Å². The van der Waals surface area contributed by atoms with Crippen LogP contribution in [0.5, 0.6) is 5.75 Å². The Morgan fingerprint density at radius 3 is 2.71 bits per heavy atom. The Bertz CT molecular complexity index is 358. The molecule has 0 aliphatic carbocycles. The lowest BCUT2D eigenvalue weighted by molar-refractivity contribution is 0.0997. The molecule has 3 nitrogen and oxygen atoms in total. The first-order chi connectivity index (χ1) is 6.61. The molecule has 0 heterocycles. The second kappa shape index (κ2) is 4.46. The highest BCUT2D eigenvalue weighted by molar-refractivity contribution is 5.95. The van der Waals surface area contributed by atoms with Gasteiger partial charge in [-0.3, -0.25) is 4.79 Å². The molecule has 0 aliphatic heterocycles. The molecule has 0 radical (unpaired) electrons. The van der Waals surface area contributed by atoms with E-state index in [4.69, 9.17) is 10.5 Å². The molecule has 0 aromatic heterocycles. The van der Waals surface area contributed by atoms with Crippen molar-refractivity contribution >= 4 is 5.91 Å². The lowest BCUT2D eigenvalue weighted by Gasteiger charge is -2.08. The van der Waals surface area contributed by atoms with Crippen LogP contribution in [0.2, 0.25) is 0 Å². The Labute approximate surface area is 83.2 Å². The fourth-order valence-electron chi connectivity index (χ4n) is 0.997. The number of carbonyl (C=O) groups is 1. The Morgan fingerprint density at radius 1 is 1.50 bits per heavy atom. The van der Waals surface area contributed by atoms with Crippen molar-refractivity contribution in [3.63, 3.8) is 0 Å². The lowest BCUT2D eigenvalue weighted by atomic mass is 10.2. The number of hydrogen-bond donors (Lipinski definition) is 1. The molecular weight excluding hydrogens is 178 g/mol. The molecule has 0 spiro atoms. The van der Waals surface area contributed by atoms with Crippen LogP contribution in [0, 0.1) is 0 Å². The standard InChI is InChI=1S/C11H13NO2/c1-8(2)7-14-10-6-4-3-5-9(10)11(12)13/h3-6H,1,7H2,2H3,(H2,12,13). The number of nitrogens with two attached hydrogens (primary N) is 1. The summed E-state index contributed by atoms with van der Waals surface area (Å²) < 4.78 is 5.36. The zero-order chi connectivity index (χ0) is 10.6. The molecule has 14 heavy (non-hydrogen) atoms. The Balaban J connectivity index is 2.84. The van der Waals surface area contributed by atoms with Gasteiger partial charge >= 0.3 is 0 Å². The third kappa shape index (κ3) is 2.62. The third-order valence-electron chi connectivity index (χ3n) is 1.63. The summed E-state index contributed by atoms with van der Waals surface area (Å²) in [6, 6.07) is 6.88. The van der Waals surface area contributed by atoms with Crippen LogP contribution < -0.4 is 10.5 Å². The molecule has 0 unspecified atom stereocenters. The van der Waals surface area contributed by atoms with E-state index in [0.717, 1.165) is 5.57 Å². The second-order valence-corrected chi connectivity index (χ2v) is 3.11. The van der Waals surface area contributed by atoms with Gasteiger partial charge in [0.05, 0.1) is 5.56 Å². The predicted molar refractivity (Wildman–Crippen MR) is 55.3 cm³/mol. The van der Waals surface area contributed by atoms with E-state index in [9.17, 15) is 4.79 Å². The van der Waals surface area contributed by atoms with Crippen molar-refractivity contribution in [2.75, 3.05) is 6.61 Å². The number of amides is 1. The highest BCUT2D eigenvalue weighted by atomic mass is 16.5. The maximum Gasteiger partial charge on any atom is 0.252 e. The van der Waals surface area contributed by atoms with E-state index in [2.05, 4.69) is 6.58 Å². The van der Waals surface area contributed by atoms with Crippen LogP contribution in [0.1, 0.15) is 17.3 Å². The Morgan fingerprint density at radius 2 is 2.14 bits per heavy atom. The molecule has 0 fully saturated rings. The minimum atomic E-state index is -0.484. The number of rotatable bonds is 4. The third-order valence-corrected chi connectivity index (χ3v) is 1.63. The number of benzene rings is 1. The molecular formula is C11H13NO2. The van der Waals surface area contributed by atoms with Gasteiger partial charge in [-0.25, -0.2) is 0 Å². The van der Waals surface area contributed by atoms with Gasteiger partial charge in [0, 0.05) is 0 Å². The molecule has 74 valence electrons. The number of carbonyl (C=O) groups excluding carboxylic acids is 1. The maximum absolute atomic E-state index is 11.0. The van der Waals surface area contributed by atoms with E-state index in [0.29, 0.717) is 17.9 Å². The molecule has 0 saturated heterocycles. The van der Waals surface area contributed by atoms with Gasteiger partial charge in [0.15, 0.2) is 0 Å². The monoisotopic (exact) mass is 191 g/mol. The zero-order valence-corrected chi connectivity index (χ0v) is 8.12. The molecule has 0 atom stereocenters. The van der Waals surface area contributed by atoms with Crippen molar-refractivity contribution in [2.45, 2.75) is 6.92 Å². The van der Waals surface area contributed by atoms with Crippen molar-refractivity contribution in [1.82, 2.24) is 0 Å². The molecule has 1 aromatic rings. The van der Waals surface area contributed by atoms with Crippen LogP contribution in [0.25, 0.3) is 0 Å². The van der Waals surface area contributed by atoms with E-state index in [1.54, 1.807) is 24.3 Å². The fraction of sp³-hybridized carbons (Fsp3) is 0.182. The predicted octanol–water partition coefficient (Wildman–Crippen LogP) is 1.74. The molecule has 3 heteroatoms. The first kappa shape index (κ1) is 10.3. The zero-order valence-electron chi connectivity index (χ0n) is 8.12. The van der Waals surface area contributed by atoms with Crippen LogP contribution in [-0.4, -0.2) is 12.5 Å². The van der Waals surface area contributed by atoms with Gasteiger partial charge in [0.25, 0.3) is 5.91 Å². The van der Waals surface area contributed by atoms with Crippen LogP contribution in [0.3, 0.4) is 0 Å². The highest BCUT2D eigenvalue weighted by Crippen LogP contribution is 2.17. The number of para-hydroxylation sites is 1. The topological polar surface area (TPSA) is 52.3 Å². The smallest absolute Gasteiger partial charge is 0.252 e. The van der Waals surface area contributed by atoms with E-state index in [1.165, 1.54) is 0 Å². The Hall–Kier alpha value is -1.77. The fourth-order valence-corrected chi connectivity index (χ4v) is 0.997. The van der Waals surface area contributed by atoms with Crippen molar-refractivity contribution in [1.29, 1.82) is 0 Å². The maximum atomic E-state index is 11.0. The molecule has 2 N–H and O–H groups in total. The van der Waals surface area contributed by atoms with Gasteiger partial charge in [-0.1, -0.05) is 18.7 Å². The number of primary amides is 1. The van der Waals surface area contributed by atoms with E-state index in [1.807, 2.05) is 6.92 Å². The number of hydrogen-bond acceptors (Lipinski definition) is 2. The molecule has 1 amide bonds. The van der Waals surface area contributed by atoms with Gasteiger partial charge in [-0.15, -0.1) is 0 Å². The van der Waals surface area contributed by atoms with Crippen LogP contribution in [0.15, 0.2) is 36.4 Å². The van der Waals surface area contributed by atoms with Crippen molar-refractivity contribution < 1.29 is 9.53 Å². The lowest BCUT2D eigenvalue weighted by Crippen LogP contribution is -2.13. The summed E-state index contributed by atoms with van der Waals surface area (Å²) in [7, 11) is 0. The SMILES string of the molecule is C=C(C)COc1ccccc1C(N)=O. The molecule has 1 aromatic carbocycles. The minimum Gasteiger partial charge on any atom is -0.488 e. The summed E-state index contributed by atoms with van der Waals surface area (Å²) >= 11 is 0. The van der Waals surface area contributed by atoms with Crippen LogP contribution in [-0.2, 0) is 0 Å². The summed E-state index contributed by atoms with van der Waals surface area (Å²) in [4.78, 5) is 11.0. The van der Waals surface area contributed by atoms with E-state index >= 15 is 0 Å². The molecule has 0 bridgehead atoms. The van der Waals surface area contributed by atoms with Gasteiger partial charge in [-0.2, -0.15) is 0 Å². The summed E-state index contributed by atoms with van der Waals surface area (Å²) in [5.41, 5.74) is 6.47. The average Bonchev–Trinajstić information content (AvgIpc) is 2.15. The second-order valence-electron chi connectivity index (χ2n) is 3.11. The summed E-state index contributed by atoms with van der Waals surface area (Å²) in [5, 5.41) is 0. The Kier molecular flexibility index (Phi) is 3.29. The van der Waals surface area contributed by atoms with E-state index < -0.39 is 5.91 Å².